The molecule has 2 aromatic carbocycles. The molecule has 13 nitrogen and oxygen atoms in total. The SMILES string of the molecule is CC(C)(C)CCOCCOCCOCCOCCC(=O)N[C@@H](Cc1ccccc1)C(=O)NC(CCCCN)C(=O)Nc1ccc(COC(=O)C(C)(C)C)cc1. The third-order valence-electron chi connectivity index (χ3n) is 8.30. The predicted octanol–water partition coefficient (Wildman–Crippen LogP) is 4.95. The number of hydrogen-bond donors (Lipinski definition) is 4. The van der Waals surface area contributed by atoms with Gasteiger partial charge in [-0.2, -0.15) is 0 Å². The van der Waals surface area contributed by atoms with Crippen LogP contribution in [0.25, 0.3) is 0 Å². The third-order valence-corrected chi connectivity index (χ3v) is 8.30. The maximum absolute atomic E-state index is 13.7. The molecule has 0 aliphatic rings. The summed E-state index contributed by atoms with van der Waals surface area (Å²) in [5.41, 5.74) is 7.50. The molecule has 0 aliphatic heterocycles. The van der Waals surface area contributed by atoms with E-state index in [1.54, 1.807) is 45.0 Å². The molecule has 5 N–H and O–H groups in total. The number of carbonyl (C=O) groups excluding carboxylic acids is 4. The van der Waals surface area contributed by atoms with Crippen molar-refractivity contribution in [1.29, 1.82) is 0 Å². The van der Waals surface area contributed by atoms with Gasteiger partial charge in [-0.3, -0.25) is 19.2 Å². The first-order valence-corrected chi connectivity index (χ1v) is 19.4. The van der Waals surface area contributed by atoms with Gasteiger partial charge in [-0.25, -0.2) is 0 Å². The smallest absolute Gasteiger partial charge is 0.311 e. The number of carbonyl (C=O) groups is 4. The molecule has 2 aromatic rings. The van der Waals surface area contributed by atoms with Crippen molar-refractivity contribution in [1.82, 2.24) is 10.6 Å². The zero-order valence-electron chi connectivity index (χ0n) is 33.9. The molecule has 0 aromatic heterocycles. The molecular formula is C42H66N4O9. The molecule has 0 fully saturated rings. The van der Waals surface area contributed by atoms with Gasteiger partial charge >= 0.3 is 5.97 Å². The number of anilines is 1. The summed E-state index contributed by atoms with van der Waals surface area (Å²) >= 11 is 0. The topological polar surface area (TPSA) is 177 Å². The number of esters is 1. The summed E-state index contributed by atoms with van der Waals surface area (Å²) in [7, 11) is 0. The number of benzene rings is 2. The Balaban J connectivity index is 1.86. The van der Waals surface area contributed by atoms with Crippen LogP contribution in [0.15, 0.2) is 54.6 Å². The fraction of sp³-hybridized carbons (Fsp3) is 0.619. The minimum atomic E-state index is -0.929. The number of ether oxygens (including phenoxy) is 5. The van der Waals surface area contributed by atoms with E-state index in [1.165, 1.54) is 0 Å². The summed E-state index contributed by atoms with van der Waals surface area (Å²) in [6.45, 7) is 16.0. The minimum absolute atomic E-state index is 0.0444. The molecule has 0 saturated heterocycles. The van der Waals surface area contributed by atoms with E-state index >= 15 is 0 Å². The quantitative estimate of drug-likeness (QED) is 0.0719. The maximum atomic E-state index is 13.7. The third kappa shape index (κ3) is 22.3. The van der Waals surface area contributed by atoms with Crippen molar-refractivity contribution in [2.75, 3.05) is 64.7 Å². The maximum Gasteiger partial charge on any atom is 0.311 e. The Hall–Kier alpha value is -3.88. The van der Waals surface area contributed by atoms with Crippen LogP contribution >= 0.6 is 0 Å². The molecule has 13 heteroatoms. The van der Waals surface area contributed by atoms with Crippen molar-refractivity contribution in [3.63, 3.8) is 0 Å². The molecule has 0 bridgehead atoms. The van der Waals surface area contributed by atoms with Gasteiger partial charge in [0.2, 0.25) is 17.7 Å². The van der Waals surface area contributed by atoms with E-state index < -0.39 is 29.3 Å². The van der Waals surface area contributed by atoms with Crippen LogP contribution in [0.5, 0.6) is 0 Å². The highest BCUT2D eigenvalue weighted by Gasteiger charge is 2.27. The van der Waals surface area contributed by atoms with Gasteiger partial charge in [0.1, 0.15) is 18.7 Å². The number of amides is 3. The summed E-state index contributed by atoms with van der Waals surface area (Å²) in [6.07, 6.45) is 2.92. The largest absolute Gasteiger partial charge is 0.460 e. The molecule has 0 aliphatic carbocycles. The zero-order valence-corrected chi connectivity index (χ0v) is 33.9. The van der Waals surface area contributed by atoms with Crippen LogP contribution in [0.1, 0.15) is 84.8 Å². The molecule has 3 amide bonds. The molecular weight excluding hydrogens is 704 g/mol. The lowest BCUT2D eigenvalue weighted by molar-refractivity contribution is -0.154. The number of unbranched alkanes of at least 4 members (excludes halogenated alkanes) is 1. The number of hydrogen-bond acceptors (Lipinski definition) is 10. The van der Waals surface area contributed by atoms with Gasteiger partial charge in [-0.05, 0) is 81.7 Å². The Morgan fingerprint density at radius 2 is 1.24 bits per heavy atom. The van der Waals surface area contributed by atoms with Crippen LogP contribution in [0.3, 0.4) is 0 Å². The molecule has 0 heterocycles. The van der Waals surface area contributed by atoms with Gasteiger partial charge in [-0.1, -0.05) is 63.2 Å². The molecule has 0 spiro atoms. The molecule has 2 atom stereocenters. The van der Waals surface area contributed by atoms with Crippen LogP contribution in [0.2, 0.25) is 0 Å². The number of rotatable bonds is 27. The lowest BCUT2D eigenvalue weighted by Gasteiger charge is -2.23. The number of nitrogens with one attached hydrogen (secondary N) is 3. The molecule has 2 rings (SSSR count). The lowest BCUT2D eigenvalue weighted by Crippen LogP contribution is -2.53. The average Bonchev–Trinajstić information content (AvgIpc) is 3.13. The Bertz CT molecular complexity index is 1390. The standard InChI is InChI=1S/C42H66N4O9/c1-41(2,3)20-23-52-25-27-54-29-28-53-26-24-51-22-19-37(47)45-36(30-32-12-8-7-9-13-32)39(49)46-35(14-10-11-21-43)38(48)44-34-17-15-33(16-18-34)31-55-40(50)42(4,5)6/h7-9,12-13,15-18,35-36H,10-11,14,19-31,43H2,1-6H3,(H,44,48)(H,45,47)(H,46,49)/t35?,36-/m0/s1. The first-order valence-electron chi connectivity index (χ1n) is 19.4. The van der Waals surface area contributed by atoms with Crippen LogP contribution < -0.4 is 21.7 Å². The summed E-state index contributed by atoms with van der Waals surface area (Å²) < 4.78 is 27.6. The van der Waals surface area contributed by atoms with Crippen molar-refractivity contribution in [2.24, 2.45) is 16.6 Å². The highest BCUT2D eigenvalue weighted by atomic mass is 16.6. The number of nitrogens with two attached hydrogens (primary N) is 1. The normalized spacial score (nSPS) is 12.8. The van der Waals surface area contributed by atoms with Crippen LogP contribution in [-0.4, -0.2) is 95.2 Å². The van der Waals surface area contributed by atoms with E-state index in [0.717, 1.165) is 17.5 Å². The fourth-order valence-electron chi connectivity index (χ4n) is 4.94. The van der Waals surface area contributed by atoms with E-state index in [-0.39, 0.29) is 43.3 Å². The molecule has 0 saturated carbocycles. The summed E-state index contributed by atoms with van der Waals surface area (Å²) in [4.78, 5) is 52.3. The monoisotopic (exact) mass is 770 g/mol. The van der Waals surface area contributed by atoms with Crippen LogP contribution in [-0.2, 0) is 55.9 Å². The van der Waals surface area contributed by atoms with E-state index in [4.69, 9.17) is 29.4 Å². The lowest BCUT2D eigenvalue weighted by atomic mass is 9.93. The van der Waals surface area contributed by atoms with Gasteiger partial charge in [0.25, 0.3) is 0 Å². The van der Waals surface area contributed by atoms with Crippen molar-refractivity contribution in [3.8, 4) is 0 Å². The van der Waals surface area contributed by atoms with Crippen LogP contribution in [0, 0.1) is 10.8 Å². The van der Waals surface area contributed by atoms with Crippen molar-refractivity contribution < 1.29 is 42.9 Å². The van der Waals surface area contributed by atoms with E-state index in [2.05, 4.69) is 36.7 Å². The van der Waals surface area contributed by atoms with E-state index in [9.17, 15) is 19.2 Å². The second-order valence-electron chi connectivity index (χ2n) is 15.7. The van der Waals surface area contributed by atoms with Gasteiger partial charge in [0, 0.05) is 25.1 Å². The average molecular weight is 771 g/mol. The second kappa shape index (κ2) is 26.1. The Labute approximate surface area is 328 Å². The molecule has 1 unspecified atom stereocenters. The Morgan fingerprint density at radius 3 is 1.80 bits per heavy atom. The van der Waals surface area contributed by atoms with Gasteiger partial charge in [0.05, 0.1) is 51.7 Å². The fourth-order valence-corrected chi connectivity index (χ4v) is 4.94. The highest BCUT2D eigenvalue weighted by Crippen LogP contribution is 2.19. The van der Waals surface area contributed by atoms with Gasteiger partial charge in [0.15, 0.2) is 0 Å². The second-order valence-corrected chi connectivity index (χ2v) is 15.7. The molecule has 0 radical (unpaired) electrons. The summed E-state index contributed by atoms with van der Waals surface area (Å²) in [6, 6.07) is 14.5. The predicted molar refractivity (Wildman–Crippen MR) is 213 cm³/mol. The molecule has 308 valence electrons. The van der Waals surface area contributed by atoms with Crippen molar-refractivity contribution in [3.05, 3.63) is 65.7 Å². The summed E-state index contributed by atoms with van der Waals surface area (Å²) in [5, 5.41) is 8.58. The van der Waals surface area contributed by atoms with Crippen molar-refractivity contribution in [2.45, 2.75) is 98.8 Å². The van der Waals surface area contributed by atoms with Gasteiger partial charge < -0.3 is 45.4 Å². The minimum Gasteiger partial charge on any atom is -0.460 e. The highest BCUT2D eigenvalue weighted by molar-refractivity contribution is 5.98. The Morgan fingerprint density at radius 1 is 0.655 bits per heavy atom. The van der Waals surface area contributed by atoms with Crippen molar-refractivity contribution >= 4 is 29.4 Å². The van der Waals surface area contributed by atoms with Gasteiger partial charge in [-0.15, -0.1) is 0 Å². The molecule has 55 heavy (non-hydrogen) atoms. The Kier molecular flexibility index (Phi) is 22.4. The summed E-state index contributed by atoms with van der Waals surface area (Å²) in [5.74, 6) is -1.54. The zero-order chi connectivity index (χ0) is 40.5. The van der Waals surface area contributed by atoms with Crippen LogP contribution in [0.4, 0.5) is 5.69 Å². The first kappa shape index (κ1) is 47.3. The van der Waals surface area contributed by atoms with E-state index in [1.807, 2.05) is 30.3 Å². The first-order chi connectivity index (χ1) is 26.2. The van der Waals surface area contributed by atoms with E-state index in [0.29, 0.717) is 77.7 Å².